The highest BCUT2D eigenvalue weighted by Crippen LogP contribution is 2.20. The highest BCUT2D eigenvalue weighted by atomic mass is 32.1. The summed E-state index contributed by atoms with van der Waals surface area (Å²) in [5, 5.41) is 9.30. The maximum atomic E-state index is 12.3. The number of aromatic nitrogens is 5. The molecule has 0 saturated carbocycles. The molecule has 0 fully saturated rings. The van der Waals surface area contributed by atoms with E-state index in [9.17, 15) is 4.79 Å². The van der Waals surface area contributed by atoms with Crippen LogP contribution < -0.4 is 5.32 Å². The Labute approximate surface area is 147 Å². The molecule has 3 heterocycles. The normalized spacial score (nSPS) is 10.6. The molecular formula is C17H12N6OS. The molecule has 0 aliphatic rings. The molecule has 7 nitrogen and oxygen atoms in total. The molecule has 4 rings (SSSR count). The van der Waals surface area contributed by atoms with Crippen molar-refractivity contribution in [1.29, 1.82) is 0 Å². The van der Waals surface area contributed by atoms with Crippen molar-refractivity contribution in [3.05, 3.63) is 72.3 Å². The van der Waals surface area contributed by atoms with Gasteiger partial charge in [0.05, 0.1) is 5.69 Å². The first-order chi connectivity index (χ1) is 12.3. The molecular weight excluding hydrogens is 336 g/mol. The van der Waals surface area contributed by atoms with Gasteiger partial charge in [0.15, 0.2) is 10.8 Å². The molecule has 1 amide bonds. The van der Waals surface area contributed by atoms with Gasteiger partial charge in [0.25, 0.3) is 5.91 Å². The maximum Gasteiger partial charge on any atom is 0.275 e. The minimum Gasteiger partial charge on any atom is -0.321 e. The van der Waals surface area contributed by atoms with E-state index in [0.717, 1.165) is 5.69 Å². The van der Waals surface area contributed by atoms with E-state index in [-0.39, 0.29) is 5.91 Å². The van der Waals surface area contributed by atoms with E-state index in [4.69, 9.17) is 0 Å². The summed E-state index contributed by atoms with van der Waals surface area (Å²) in [6, 6.07) is 11.0. The van der Waals surface area contributed by atoms with Gasteiger partial charge in [0.2, 0.25) is 0 Å². The Bertz CT molecular complexity index is 980. The summed E-state index contributed by atoms with van der Waals surface area (Å²) in [6.07, 6.45) is 6.86. The van der Waals surface area contributed by atoms with Crippen molar-refractivity contribution in [2.45, 2.75) is 0 Å². The van der Waals surface area contributed by atoms with E-state index in [1.807, 2.05) is 36.5 Å². The van der Waals surface area contributed by atoms with E-state index >= 15 is 0 Å². The molecule has 0 aliphatic carbocycles. The molecule has 25 heavy (non-hydrogen) atoms. The summed E-state index contributed by atoms with van der Waals surface area (Å²) in [7, 11) is 0. The highest BCUT2D eigenvalue weighted by molar-refractivity contribution is 7.13. The second-order valence-corrected chi connectivity index (χ2v) is 5.92. The monoisotopic (exact) mass is 348 g/mol. The molecule has 0 unspecified atom stereocenters. The Kier molecular flexibility index (Phi) is 4.01. The van der Waals surface area contributed by atoms with Gasteiger partial charge in [0.1, 0.15) is 5.69 Å². The van der Waals surface area contributed by atoms with Crippen molar-refractivity contribution in [1.82, 2.24) is 24.7 Å². The zero-order chi connectivity index (χ0) is 17.1. The van der Waals surface area contributed by atoms with E-state index in [1.54, 1.807) is 34.7 Å². The van der Waals surface area contributed by atoms with Gasteiger partial charge in [-0.25, -0.2) is 19.6 Å². The molecule has 1 N–H and O–H groups in total. The third-order valence-electron chi connectivity index (χ3n) is 3.39. The minimum absolute atomic E-state index is 0.273. The number of anilines is 1. The van der Waals surface area contributed by atoms with Gasteiger partial charge in [-0.2, -0.15) is 5.10 Å². The quantitative estimate of drug-likeness (QED) is 0.613. The Morgan fingerprint density at radius 2 is 1.84 bits per heavy atom. The SMILES string of the molecule is O=C(Nc1ccc(-n2cccn2)cc1)c1csc(-c2ncccn2)n1. The van der Waals surface area contributed by atoms with Gasteiger partial charge in [-0.1, -0.05) is 0 Å². The highest BCUT2D eigenvalue weighted by Gasteiger charge is 2.13. The van der Waals surface area contributed by atoms with Gasteiger partial charge >= 0.3 is 0 Å². The fraction of sp³-hybridized carbons (Fsp3) is 0. The number of carbonyl (C=O) groups excluding carboxylic acids is 1. The van der Waals surface area contributed by atoms with Crippen LogP contribution in [0.5, 0.6) is 0 Å². The number of thiazole rings is 1. The van der Waals surface area contributed by atoms with Crippen molar-refractivity contribution in [3.63, 3.8) is 0 Å². The lowest BCUT2D eigenvalue weighted by atomic mass is 10.2. The Balaban J connectivity index is 1.48. The summed E-state index contributed by atoms with van der Waals surface area (Å²) in [6.45, 7) is 0. The van der Waals surface area contributed by atoms with Crippen LogP contribution in [0.15, 0.2) is 66.6 Å². The van der Waals surface area contributed by atoms with Crippen LogP contribution in [-0.2, 0) is 0 Å². The number of hydrogen-bond donors (Lipinski definition) is 1. The second-order valence-electron chi connectivity index (χ2n) is 5.06. The van der Waals surface area contributed by atoms with Crippen LogP contribution >= 0.6 is 11.3 Å². The van der Waals surface area contributed by atoms with Gasteiger partial charge in [-0.05, 0) is 36.4 Å². The molecule has 0 saturated heterocycles. The van der Waals surface area contributed by atoms with E-state index in [2.05, 4.69) is 25.4 Å². The van der Waals surface area contributed by atoms with Crippen molar-refractivity contribution >= 4 is 22.9 Å². The molecule has 0 radical (unpaired) electrons. The smallest absolute Gasteiger partial charge is 0.275 e. The first kappa shape index (κ1) is 15.2. The first-order valence-electron chi connectivity index (χ1n) is 7.44. The molecule has 0 spiro atoms. The number of benzene rings is 1. The van der Waals surface area contributed by atoms with Crippen molar-refractivity contribution in [2.24, 2.45) is 0 Å². The standard InChI is InChI=1S/C17H12N6OS/c24-16(14-11-25-17(22-14)15-18-7-1-8-19-15)21-12-3-5-13(6-4-12)23-10-2-9-20-23/h1-11H,(H,21,24). The van der Waals surface area contributed by atoms with E-state index in [0.29, 0.717) is 22.2 Å². The number of amides is 1. The van der Waals surface area contributed by atoms with Gasteiger partial charge in [-0.3, -0.25) is 4.79 Å². The average Bonchev–Trinajstić information content (AvgIpc) is 3.35. The summed E-state index contributed by atoms with van der Waals surface area (Å²) < 4.78 is 1.75. The fourth-order valence-electron chi connectivity index (χ4n) is 2.20. The lowest BCUT2D eigenvalue weighted by Crippen LogP contribution is -2.12. The topological polar surface area (TPSA) is 85.6 Å². The first-order valence-corrected chi connectivity index (χ1v) is 8.32. The zero-order valence-corrected chi connectivity index (χ0v) is 13.7. The van der Waals surface area contributed by atoms with Crippen LogP contribution in [0.1, 0.15) is 10.5 Å². The average molecular weight is 348 g/mol. The van der Waals surface area contributed by atoms with Gasteiger partial charge in [-0.15, -0.1) is 11.3 Å². The third-order valence-corrected chi connectivity index (χ3v) is 4.23. The Morgan fingerprint density at radius 3 is 2.56 bits per heavy atom. The van der Waals surface area contributed by atoms with Crippen LogP contribution in [-0.4, -0.2) is 30.6 Å². The van der Waals surface area contributed by atoms with Crippen LogP contribution in [0.4, 0.5) is 5.69 Å². The lowest BCUT2D eigenvalue weighted by molar-refractivity contribution is 0.102. The Morgan fingerprint density at radius 1 is 1.04 bits per heavy atom. The van der Waals surface area contributed by atoms with Gasteiger partial charge in [0, 0.05) is 35.9 Å². The lowest BCUT2D eigenvalue weighted by Gasteiger charge is -2.05. The predicted molar refractivity (Wildman–Crippen MR) is 94.7 cm³/mol. The summed E-state index contributed by atoms with van der Waals surface area (Å²) >= 11 is 1.33. The Hall–Kier alpha value is -3.39. The minimum atomic E-state index is -0.273. The van der Waals surface area contributed by atoms with Crippen molar-refractivity contribution in [3.8, 4) is 16.5 Å². The summed E-state index contributed by atoms with van der Waals surface area (Å²) in [4.78, 5) is 24.9. The maximum absolute atomic E-state index is 12.3. The molecule has 3 aromatic heterocycles. The molecule has 1 aromatic carbocycles. The number of nitrogens with one attached hydrogen (secondary N) is 1. The fourth-order valence-corrected chi connectivity index (χ4v) is 2.95. The van der Waals surface area contributed by atoms with E-state index < -0.39 is 0 Å². The number of rotatable bonds is 4. The molecule has 0 aliphatic heterocycles. The van der Waals surface area contributed by atoms with Crippen LogP contribution in [0, 0.1) is 0 Å². The molecule has 0 atom stereocenters. The van der Waals surface area contributed by atoms with E-state index in [1.165, 1.54) is 11.3 Å². The zero-order valence-electron chi connectivity index (χ0n) is 12.9. The molecule has 8 heteroatoms. The number of nitrogens with zero attached hydrogens (tertiary/aromatic N) is 5. The largest absolute Gasteiger partial charge is 0.321 e. The van der Waals surface area contributed by atoms with Gasteiger partial charge < -0.3 is 5.32 Å². The summed E-state index contributed by atoms with van der Waals surface area (Å²) in [5.41, 5.74) is 1.94. The number of hydrogen-bond acceptors (Lipinski definition) is 6. The predicted octanol–water partition coefficient (Wildman–Crippen LogP) is 3.04. The summed E-state index contributed by atoms with van der Waals surface area (Å²) in [5.74, 6) is 0.236. The number of carbonyl (C=O) groups is 1. The van der Waals surface area contributed by atoms with Crippen molar-refractivity contribution in [2.75, 3.05) is 5.32 Å². The van der Waals surface area contributed by atoms with Crippen LogP contribution in [0.25, 0.3) is 16.5 Å². The molecule has 122 valence electrons. The van der Waals surface area contributed by atoms with Crippen LogP contribution in [0.2, 0.25) is 0 Å². The molecule has 4 aromatic rings. The third kappa shape index (κ3) is 3.29. The van der Waals surface area contributed by atoms with Crippen LogP contribution in [0.3, 0.4) is 0 Å². The molecule has 0 bridgehead atoms. The van der Waals surface area contributed by atoms with Crippen molar-refractivity contribution < 1.29 is 4.79 Å². The second kappa shape index (κ2) is 6.62.